The minimum absolute atomic E-state index is 0.0274. The SMILES string of the molecule is C=C1CCC[C@]2(C)CC3(C45C[C@@]6(C)CCCC(=C)[C@@H]6CC4=C(C)C(=O)O5)OC(=O)C(C)=C3C[C@@H]12. The van der Waals surface area contributed by atoms with Gasteiger partial charge in [-0.2, -0.15) is 0 Å². The third-order valence-corrected chi connectivity index (χ3v) is 11.0. The topological polar surface area (TPSA) is 52.6 Å². The van der Waals surface area contributed by atoms with Gasteiger partial charge in [-0.15, -0.1) is 0 Å². The Morgan fingerprint density at radius 3 is 1.50 bits per heavy atom. The second-order valence-electron chi connectivity index (χ2n) is 12.8. The van der Waals surface area contributed by atoms with Gasteiger partial charge in [-0.25, -0.2) is 9.59 Å². The van der Waals surface area contributed by atoms with Crippen LogP contribution in [0.4, 0.5) is 0 Å². The maximum atomic E-state index is 13.3. The van der Waals surface area contributed by atoms with Crippen molar-refractivity contribution in [3.63, 3.8) is 0 Å². The molecule has 182 valence electrons. The molecule has 34 heavy (non-hydrogen) atoms. The zero-order valence-electron chi connectivity index (χ0n) is 21.3. The van der Waals surface area contributed by atoms with Gasteiger partial charge in [-0.3, -0.25) is 0 Å². The molecule has 6 rings (SSSR count). The molecule has 4 heteroatoms. The number of esters is 2. The number of hydrogen-bond acceptors (Lipinski definition) is 4. The van der Waals surface area contributed by atoms with E-state index in [1.54, 1.807) is 0 Å². The van der Waals surface area contributed by atoms with Crippen LogP contribution >= 0.6 is 0 Å². The average molecular weight is 463 g/mol. The summed E-state index contributed by atoms with van der Waals surface area (Å²) in [6, 6.07) is 0. The van der Waals surface area contributed by atoms with E-state index in [-0.39, 0.29) is 22.8 Å². The molecular weight excluding hydrogens is 424 g/mol. The first-order valence-corrected chi connectivity index (χ1v) is 13.2. The smallest absolute Gasteiger partial charge is 0.334 e. The fourth-order valence-corrected chi connectivity index (χ4v) is 9.18. The van der Waals surface area contributed by atoms with Crippen molar-refractivity contribution in [2.75, 3.05) is 0 Å². The third-order valence-electron chi connectivity index (χ3n) is 11.0. The standard InChI is InChI=1S/C30H38O4/c1-17-9-7-11-27(5)15-29(23(13-21(17)27)19(3)25(31)33-29)30-16-28(6)12-8-10-18(2)22(28)14-24(30)20(4)26(32)34-30/h21-22H,1-2,7-16H2,3-6H3/t21-,22-,27+,28+,29?,30?/m0/s1. The van der Waals surface area contributed by atoms with Crippen LogP contribution in [0.5, 0.6) is 0 Å². The van der Waals surface area contributed by atoms with Crippen molar-refractivity contribution < 1.29 is 19.1 Å². The summed E-state index contributed by atoms with van der Waals surface area (Å²) in [5.41, 5.74) is 4.30. The highest BCUT2D eigenvalue weighted by molar-refractivity contribution is 5.96. The molecule has 0 spiro atoms. The molecule has 4 nitrogen and oxygen atoms in total. The van der Waals surface area contributed by atoms with Gasteiger partial charge >= 0.3 is 11.9 Å². The molecule has 0 amide bonds. The first kappa shape index (κ1) is 22.4. The second kappa shape index (κ2) is 6.77. The van der Waals surface area contributed by atoms with Crippen molar-refractivity contribution in [2.45, 2.75) is 103 Å². The number of allylic oxidation sites excluding steroid dienone is 2. The maximum Gasteiger partial charge on any atom is 0.334 e. The average Bonchev–Trinajstić information content (AvgIpc) is 3.16. The van der Waals surface area contributed by atoms with E-state index in [9.17, 15) is 9.59 Å². The third kappa shape index (κ3) is 2.55. The zero-order valence-corrected chi connectivity index (χ0v) is 21.3. The Hall–Kier alpha value is -2.10. The Kier molecular flexibility index (Phi) is 4.45. The van der Waals surface area contributed by atoms with Gasteiger partial charge in [0.2, 0.25) is 0 Å². The molecule has 0 N–H and O–H groups in total. The Balaban J connectivity index is 1.57. The fourth-order valence-electron chi connectivity index (χ4n) is 9.18. The Bertz CT molecular complexity index is 1030. The molecule has 6 aliphatic rings. The van der Waals surface area contributed by atoms with E-state index < -0.39 is 11.2 Å². The van der Waals surface area contributed by atoms with E-state index >= 15 is 0 Å². The minimum atomic E-state index is -0.910. The molecule has 4 saturated carbocycles. The zero-order chi connectivity index (χ0) is 24.3. The molecule has 4 aliphatic carbocycles. The van der Waals surface area contributed by atoms with Crippen molar-refractivity contribution in [2.24, 2.45) is 22.7 Å². The molecular formula is C30H38O4. The highest BCUT2D eigenvalue weighted by Gasteiger charge is 2.74. The van der Waals surface area contributed by atoms with E-state index in [2.05, 4.69) is 27.0 Å². The lowest BCUT2D eigenvalue weighted by atomic mass is 9.46. The summed E-state index contributed by atoms with van der Waals surface area (Å²) in [5, 5.41) is 0. The van der Waals surface area contributed by atoms with Gasteiger partial charge in [0.05, 0.1) is 0 Å². The van der Waals surface area contributed by atoms with Gasteiger partial charge in [-0.1, -0.05) is 38.2 Å². The van der Waals surface area contributed by atoms with Crippen LogP contribution in [0.1, 0.15) is 91.9 Å². The number of hydrogen-bond donors (Lipinski definition) is 0. The van der Waals surface area contributed by atoms with E-state index in [4.69, 9.17) is 9.47 Å². The summed E-state index contributed by atoms with van der Waals surface area (Å²) >= 11 is 0. The number of carbonyl (C=O) groups excluding carboxylic acids is 2. The number of ether oxygens (including phenoxy) is 2. The predicted octanol–water partition coefficient (Wildman–Crippen LogP) is 6.52. The lowest BCUT2D eigenvalue weighted by Gasteiger charge is -2.61. The highest BCUT2D eigenvalue weighted by atomic mass is 16.6. The van der Waals surface area contributed by atoms with Crippen LogP contribution in [0.3, 0.4) is 0 Å². The van der Waals surface area contributed by atoms with Crippen molar-refractivity contribution in [3.05, 3.63) is 46.6 Å². The molecule has 2 aliphatic heterocycles. The highest BCUT2D eigenvalue weighted by Crippen LogP contribution is 2.70. The first-order chi connectivity index (χ1) is 16.0. The minimum Gasteiger partial charge on any atom is -0.446 e. The van der Waals surface area contributed by atoms with Crippen LogP contribution in [0, 0.1) is 22.7 Å². The van der Waals surface area contributed by atoms with Gasteiger partial charge in [0, 0.05) is 24.0 Å². The molecule has 2 heterocycles. The number of rotatable bonds is 1. The quantitative estimate of drug-likeness (QED) is 0.329. The molecule has 4 fully saturated rings. The van der Waals surface area contributed by atoms with Gasteiger partial charge in [0.15, 0.2) is 11.2 Å². The molecule has 0 bridgehead atoms. The van der Waals surface area contributed by atoms with Crippen LogP contribution in [0.2, 0.25) is 0 Å². The normalized spacial score (nSPS) is 46.0. The van der Waals surface area contributed by atoms with Crippen LogP contribution in [-0.2, 0) is 19.1 Å². The Morgan fingerprint density at radius 1 is 0.735 bits per heavy atom. The maximum absolute atomic E-state index is 13.3. The monoisotopic (exact) mass is 462 g/mol. The number of fused-ring (bicyclic) bond motifs is 5. The Labute approximate surface area is 203 Å². The summed E-state index contributed by atoms with van der Waals surface area (Å²) in [6.07, 6.45) is 9.48. The van der Waals surface area contributed by atoms with Crippen molar-refractivity contribution in [1.82, 2.24) is 0 Å². The van der Waals surface area contributed by atoms with Crippen molar-refractivity contribution in [1.29, 1.82) is 0 Å². The summed E-state index contributed by atoms with van der Waals surface area (Å²) in [6.45, 7) is 17.4. The molecule has 0 aromatic carbocycles. The van der Waals surface area contributed by atoms with Gasteiger partial charge < -0.3 is 9.47 Å². The first-order valence-electron chi connectivity index (χ1n) is 13.2. The second-order valence-corrected chi connectivity index (χ2v) is 12.8. The molecule has 2 unspecified atom stereocenters. The van der Waals surface area contributed by atoms with Crippen LogP contribution < -0.4 is 0 Å². The molecule has 0 aromatic heterocycles. The van der Waals surface area contributed by atoms with E-state index in [1.807, 2.05) is 13.8 Å². The molecule has 0 saturated heterocycles. The van der Waals surface area contributed by atoms with Gasteiger partial charge in [0.25, 0.3) is 0 Å². The fraction of sp³-hybridized carbons (Fsp3) is 0.667. The molecule has 0 radical (unpaired) electrons. The van der Waals surface area contributed by atoms with Crippen molar-refractivity contribution in [3.8, 4) is 0 Å². The summed E-state index contributed by atoms with van der Waals surface area (Å²) in [7, 11) is 0. The summed E-state index contributed by atoms with van der Waals surface area (Å²) < 4.78 is 13.1. The lowest BCUT2D eigenvalue weighted by Crippen LogP contribution is -2.66. The van der Waals surface area contributed by atoms with E-state index in [0.29, 0.717) is 24.7 Å². The molecule has 0 aromatic rings. The van der Waals surface area contributed by atoms with Crippen LogP contribution in [-0.4, -0.2) is 23.1 Å². The number of carbonyl (C=O) groups is 2. The predicted molar refractivity (Wildman–Crippen MR) is 131 cm³/mol. The summed E-state index contributed by atoms with van der Waals surface area (Å²) in [4.78, 5) is 26.5. The van der Waals surface area contributed by atoms with Gasteiger partial charge in [-0.05, 0) is 99.0 Å². The largest absolute Gasteiger partial charge is 0.446 e. The van der Waals surface area contributed by atoms with Gasteiger partial charge in [0.1, 0.15) is 0 Å². The van der Waals surface area contributed by atoms with Crippen LogP contribution in [0.25, 0.3) is 0 Å². The van der Waals surface area contributed by atoms with Crippen LogP contribution in [0.15, 0.2) is 46.6 Å². The Morgan fingerprint density at radius 2 is 1.12 bits per heavy atom. The van der Waals surface area contributed by atoms with E-state index in [1.165, 1.54) is 11.1 Å². The summed E-state index contributed by atoms with van der Waals surface area (Å²) in [5.74, 6) is 0.213. The molecule has 6 atom stereocenters. The van der Waals surface area contributed by atoms with E-state index in [0.717, 1.165) is 73.7 Å². The lowest BCUT2D eigenvalue weighted by molar-refractivity contribution is -0.209. The van der Waals surface area contributed by atoms with Crippen molar-refractivity contribution >= 4 is 11.9 Å².